The van der Waals surface area contributed by atoms with Crippen molar-refractivity contribution in [1.29, 1.82) is 0 Å². The van der Waals surface area contributed by atoms with E-state index in [0.29, 0.717) is 12.5 Å². The largest absolute Gasteiger partial charge is 0.497 e. The second-order valence-corrected chi connectivity index (χ2v) is 6.38. The van der Waals surface area contributed by atoms with Gasteiger partial charge in [-0.3, -0.25) is 4.79 Å². The van der Waals surface area contributed by atoms with E-state index in [9.17, 15) is 4.79 Å². The van der Waals surface area contributed by atoms with Gasteiger partial charge in [-0.1, -0.05) is 12.1 Å². The third-order valence-electron chi connectivity index (χ3n) is 3.53. The number of carbonyl (C=O) groups is 1. The van der Waals surface area contributed by atoms with E-state index < -0.39 is 0 Å². The van der Waals surface area contributed by atoms with Crippen LogP contribution in [0.1, 0.15) is 18.4 Å². The highest BCUT2D eigenvalue weighted by Gasteiger charge is 2.16. The summed E-state index contributed by atoms with van der Waals surface area (Å²) in [6.07, 6.45) is 2.49. The molecule has 1 saturated heterocycles. The van der Waals surface area contributed by atoms with E-state index in [1.807, 2.05) is 30.0 Å². The molecule has 0 aromatic heterocycles. The predicted molar refractivity (Wildman–Crippen MR) is 88.1 cm³/mol. The first kappa shape index (κ1) is 16.2. The summed E-state index contributed by atoms with van der Waals surface area (Å²) < 4.78 is 5.21. The highest BCUT2D eigenvalue weighted by molar-refractivity contribution is 7.99. The van der Waals surface area contributed by atoms with Gasteiger partial charge >= 0.3 is 0 Å². The van der Waals surface area contributed by atoms with Crippen LogP contribution in [0.5, 0.6) is 5.75 Å². The minimum atomic E-state index is 0.153. The summed E-state index contributed by atoms with van der Waals surface area (Å²) in [5.74, 6) is 3.23. The molecule has 1 atom stereocenters. The standard InChI is InChI=1S/C16H24N2O2S/c1-20-15-6-2-4-13(10-15)5-3-7-18-16(19)11-14-12-21-9-8-17-14/h2,4,6,10,14,17H,3,5,7-9,11-12H2,1H3,(H,18,19). The van der Waals surface area contributed by atoms with E-state index >= 15 is 0 Å². The van der Waals surface area contributed by atoms with E-state index in [1.165, 1.54) is 5.56 Å². The minimum absolute atomic E-state index is 0.153. The smallest absolute Gasteiger partial charge is 0.221 e. The number of benzene rings is 1. The van der Waals surface area contributed by atoms with E-state index in [0.717, 1.165) is 43.2 Å². The third kappa shape index (κ3) is 5.98. The van der Waals surface area contributed by atoms with Gasteiger partial charge in [0.15, 0.2) is 0 Å². The van der Waals surface area contributed by atoms with Gasteiger partial charge in [0.05, 0.1) is 7.11 Å². The lowest BCUT2D eigenvalue weighted by atomic mass is 10.1. The number of hydrogen-bond acceptors (Lipinski definition) is 4. The van der Waals surface area contributed by atoms with Gasteiger partial charge in [-0.15, -0.1) is 0 Å². The average molecular weight is 308 g/mol. The minimum Gasteiger partial charge on any atom is -0.497 e. The Morgan fingerprint density at radius 1 is 1.52 bits per heavy atom. The Labute approximate surface area is 131 Å². The third-order valence-corrected chi connectivity index (χ3v) is 4.66. The maximum absolute atomic E-state index is 11.8. The van der Waals surface area contributed by atoms with Crippen LogP contribution in [0.3, 0.4) is 0 Å². The van der Waals surface area contributed by atoms with Crippen molar-refractivity contribution in [3.63, 3.8) is 0 Å². The fraction of sp³-hybridized carbons (Fsp3) is 0.562. The summed E-state index contributed by atoms with van der Waals surface area (Å²) in [6, 6.07) is 8.42. The summed E-state index contributed by atoms with van der Waals surface area (Å²) in [4.78, 5) is 11.8. The van der Waals surface area contributed by atoms with Gasteiger partial charge in [0, 0.05) is 37.1 Å². The Morgan fingerprint density at radius 3 is 3.19 bits per heavy atom. The van der Waals surface area contributed by atoms with Gasteiger partial charge < -0.3 is 15.4 Å². The second-order valence-electron chi connectivity index (χ2n) is 5.24. The zero-order valence-corrected chi connectivity index (χ0v) is 13.4. The van der Waals surface area contributed by atoms with Crippen molar-refractivity contribution in [3.05, 3.63) is 29.8 Å². The molecular formula is C16H24N2O2S. The van der Waals surface area contributed by atoms with Crippen molar-refractivity contribution in [2.75, 3.05) is 31.7 Å². The van der Waals surface area contributed by atoms with E-state index in [-0.39, 0.29) is 5.91 Å². The Hall–Kier alpha value is -1.20. The van der Waals surface area contributed by atoms with Crippen LogP contribution in [0.4, 0.5) is 0 Å². The summed E-state index contributed by atoms with van der Waals surface area (Å²) >= 11 is 1.92. The molecule has 21 heavy (non-hydrogen) atoms. The Morgan fingerprint density at radius 2 is 2.43 bits per heavy atom. The second kappa shape index (κ2) is 8.95. The summed E-state index contributed by atoms with van der Waals surface area (Å²) in [7, 11) is 1.68. The molecule has 2 rings (SSSR count). The van der Waals surface area contributed by atoms with Crippen LogP contribution in [0.25, 0.3) is 0 Å². The SMILES string of the molecule is COc1cccc(CCCNC(=O)CC2CSCCN2)c1. The van der Waals surface area contributed by atoms with E-state index in [4.69, 9.17) is 4.74 Å². The van der Waals surface area contributed by atoms with Crippen LogP contribution in [0, 0.1) is 0 Å². The zero-order valence-electron chi connectivity index (χ0n) is 12.6. The quantitative estimate of drug-likeness (QED) is 0.755. The molecule has 1 aromatic carbocycles. The molecular weight excluding hydrogens is 284 g/mol. The number of carbonyl (C=O) groups excluding carboxylic acids is 1. The lowest BCUT2D eigenvalue weighted by Gasteiger charge is -2.22. The average Bonchev–Trinajstić information content (AvgIpc) is 2.53. The first-order chi connectivity index (χ1) is 10.3. The lowest BCUT2D eigenvalue weighted by molar-refractivity contribution is -0.121. The van der Waals surface area contributed by atoms with Crippen molar-refractivity contribution < 1.29 is 9.53 Å². The maximum Gasteiger partial charge on any atom is 0.221 e. The van der Waals surface area contributed by atoms with Crippen LogP contribution >= 0.6 is 11.8 Å². The predicted octanol–water partition coefficient (Wildman–Crippen LogP) is 1.84. The van der Waals surface area contributed by atoms with Crippen LogP contribution < -0.4 is 15.4 Å². The maximum atomic E-state index is 11.8. The highest BCUT2D eigenvalue weighted by Crippen LogP contribution is 2.13. The molecule has 1 aliphatic heterocycles. The molecule has 0 bridgehead atoms. The van der Waals surface area contributed by atoms with Crippen LogP contribution in [0.2, 0.25) is 0 Å². The van der Waals surface area contributed by atoms with Crippen LogP contribution in [-0.2, 0) is 11.2 Å². The number of amides is 1. The number of rotatable bonds is 7. The molecule has 0 saturated carbocycles. The Kier molecular flexibility index (Phi) is 6.89. The molecule has 0 aliphatic carbocycles. The van der Waals surface area contributed by atoms with Gasteiger partial charge in [0.1, 0.15) is 5.75 Å². The van der Waals surface area contributed by atoms with Crippen molar-refractivity contribution in [1.82, 2.24) is 10.6 Å². The molecule has 1 heterocycles. The topological polar surface area (TPSA) is 50.4 Å². The van der Waals surface area contributed by atoms with Crippen molar-refractivity contribution in [2.45, 2.75) is 25.3 Å². The summed E-state index contributed by atoms with van der Waals surface area (Å²) in [5, 5.41) is 6.39. The molecule has 0 spiro atoms. The van der Waals surface area contributed by atoms with E-state index in [2.05, 4.69) is 16.7 Å². The van der Waals surface area contributed by atoms with Crippen molar-refractivity contribution in [3.8, 4) is 5.75 Å². The summed E-state index contributed by atoms with van der Waals surface area (Å²) in [6.45, 7) is 1.74. The number of nitrogens with one attached hydrogen (secondary N) is 2. The molecule has 1 aromatic rings. The normalized spacial score (nSPS) is 18.2. The number of methoxy groups -OCH3 is 1. The Bertz CT molecular complexity index is 448. The number of thioether (sulfide) groups is 1. The summed E-state index contributed by atoms with van der Waals surface area (Å²) in [5.41, 5.74) is 1.24. The first-order valence-corrected chi connectivity index (χ1v) is 8.64. The molecule has 4 nitrogen and oxygen atoms in total. The zero-order chi connectivity index (χ0) is 14.9. The van der Waals surface area contributed by atoms with Gasteiger partial charge in [-0.2, -0.15) is 11.8 Å². The molecule has 2 N–H and O–H groups in total. The molecule has 1 aliphatic rings. The van der Waals surface area contributed by atoms with E-state index in [1.54, 1.807) is 7.11 Å². The Balaban J connectivity index is 1.61. The number of ether oxygens (including phenoxy) is 1. The lowest BCUT2D eigenvalue weighted by Crippen LogP contribution is -2.41. The fourth-order valence-corrected chi connectivity index (χ4v) is 3.34. The van der Waals surface area contributed by atoms with Gasteiger partial charge in [0.25, 0.3) is 0 Å². The molecule has 116 valence electrons. The fourth-order valence-electron chi connectivity index (χ4n) is 2.40. The van der Waals surface area contributed by atoms with Gasteiger partial charge in [-0.25, -0.2) is 0 Å². The van der Waals surface area contributed by atoms with Crippen molar-refractivity contribution in [2.24, 2.45) is 0 Å². The van der Waals surface area contributed by atoms with Gasteiger partial charge in [0.2, 0.25) is 5.91 Å². The number of aryl methyl sites for hydroxylation is 1. The van der Waals surface area contributed by atoms with Crippen molar-refractivity contribution >= 4 is 17.7 Å². The molecule has 5 heteroatoms. The van der Waals surface area contributed by atoms with Crippen LogP contribution in [0.15, 0.2) is 24.3 Å². The number of hydrogen-bond donors (Lipinski definition) is 2. The highest BCUT2D eigenvalue weighted by atomic mass is 32.2. The molecule has 1 amide bonds. The molecule has 1 unspecified atom stereocenters. The van der Waals surface area contributed by atoms with Gasteiger partial charge in [-0.05, 0) is 30.5 Å². The van der Waals surface area contributed by atoms with Crippen LogP contribution in [-0.4, -0.2) is 43.7 Å². The molecule has 0 radical (unpaired) electrons. The molecule has 1 fully saturated rings. The monoisotopic (exact) mass is 308 g/mol. The first-order valence-electron chi connectivity index (χ1n) is 7.48.